The number of rotatable bonds is 4. The molecule has 1 aliphatic rings. The molecule has 1 saturated heterocycles. The molecular formula is C10H17NO5. The quantitative estimate of drug-likeness (QED) is 0.312. The zero-order chi connectivity index (χ0) is 11.8. The Morgan fingerprint density at radius 1 is 1.19 bits per heavy atom. The third kappa shape index (κ3) is 5.09. The summed E-state index contributed by atoms with van der Waals surface area (Å²) < 4.78 is 4.33. The van der Waals surface area contributed by atoms with E-state index in [0.717, 1.165) is 13.1 Å². The first-order valence-corrected chi connectivity index (χ1v) is 5.40. The molecule has 0 radical (unpaired) electrons. The van der Waals surface area contributed by atoms with E-state index >= 15 is 0 Å². The van der Waals surface area contributed by atoms with Crippen LogP contribution in [0.5, 0.6) is 0 Å². The molecule has 92 valence electrons. The lowest BCUT2D eigenvalue weighted by Gasteiger charge is -2.25. The third-order valence-corrected chi connectivity index (χ3v) is 2.43. The molecule has 0 aliphatic carbocycles. The zero-order valence-corrected chi connectivity index (χ0v) is 9.44. The second-order valence-electron chi connectivity index (χ2n) is 3.63. The third-order valence-electron chi connectivity index (χ3n) is 2.43. The second kappa shape index (κ2) is 7.19. The number of likely N-dealkylation sites (tertiary alicyclic amines) is 1. The van der Waals surface area contributed by atoms with Crippen molar-refractivity contribution >= 4 is 12.1 Å². The first-order chi connectivity index (χ1) is 7.72. The number of piperidine rings is 1. The van der Waals surface area contributed by atoms with Crippen LogP contribution in [0.4, 0.5) is 4.79 Å². The summed E-state index contributed by atoms with van der Waals surface area (Å²) in [6, 6.07) is 0. The SMILES string of the molecule is COOC(=O)OC(=O)CCN1CCCCC1. The van der Waals surface area contributed by atoms with Crippen molar-refractivity contribution in [1.82, 2.24) is 4.90 Å². The summed E-state index contributed by atoms with van der Waals surface area (Å²) in [5, 5.41) is 0. The van der Waals surface area contributed by atoms with Crippen LogP contribution in [0.3, 0.4) is 0 Å². The lowest BCUT2D eigenvalue weighted by atomic mass is 10.1. The molecular weight excluding hydrogens is 214 g/mol. The normalized spacial score (nSPS) is 16.8. The molecule has 0 amide bonds. The van der Waals surface area contributed by atoms with Crippen molar-refractivity contribution in [2.24, 2.45) is 0 Å². The molecule has 1 aliphatic heterocycles. The Hall–Kier alpha value is -1.14. The predicted molar refractivity (Wildman–Crippen MR) is 54.5 cm³/mol. The minimum Gasteiger partial charge on any atom is -0.359 e. The van der Waals surface area contributed by atoms with Gasteiger partial charge in [-0.1, -0.05) is 6.42 Å². The number of hydrogen-bond acceptors (Lipinski definition) is 6. The van der Waals surface area contributed by atoms with Gasteiger partial charge in [-0.3, -0.25) is 9.68 Å². The van der Waals surface area contributed by atoms with Gasteiger partial charge in [0.05, 0.1) is 13.5 Å². The number of carbonyl (C=O) groups excluding carboxylic acids is 2. The Morgan fingerprint density at radius 3 is 2.50 bits per heavy atom. The van der Waals surface area contributed by atoms with Crippen LogP contribution >= 0.6 is 0 Å². The summed E-state index contributed by atoms with van der Waals surface area (Å²) >= 11 is 0. The minimum absolute atomic E-state index is 0.193. The minimum atomic E-state index is -1.12. The monoisotopic (exact) mass is 231 g/mol. The van der Waals surface area contributed by atoms with Crippen molar-refractivity contribution in [3.05, 3.63) is 0 Å². The predicted octanol–water partition coefficient (Wildman–Crippen LogP) is 1.10. The van der Waals surface area contributed by atoms with Crippen LogP contribution in [0, 0.1) is 0 Å². The number of ether oxygens (including phenoxy) is 1. The van der Waals surface area contributed by atoms with Gasteiger partial charge >= 0.3 is 12.1 Å². The van der Waals surface area contributed by atoms with E-state index in [4.69, 9.17) is 0 Å². The molecule has 0 unspecified atom stereocenters. The average molecular weight is 231 g/mol. The Bertz CT molecular complexity index is 237. The molecule has 0 atom stereocenters. The van der Waals surface area contributed by atoms with Gasteiger partial charge in [0.1, 0.15) is 0 Å². The molecule has 0 aromatic heterocycles. The highest BCUT2D eigenvalue weighted by molar-refractivity contribution is 5.81. The number of carbonyl (C=O) groups is 2. The van der Waals surface area contributed by atoms with E-state index in [1.54, 1.807) is 0 Å². The van der Waals surface area contributed by atoms with Gasteiger partial charge in [0.2, 0.25) is 0 Å². The van der Waals surface area contributed by atoms with Crippen LogP contribution in [0.15, 0.2) is 0 Å². The molecule has 1 heterocycles. The highest BCUT2D eigenvalue weighted by atomic mass is 17.2. The largest absolute Gasteiger partial charge is 0.548 e. The molecule has 0 spiro atoms. The van der Waals surface area contributed by atoms with Gasteiger partial charge < -0.3 is 9.64 Å². The van der Waals surface area contributed by atoms with E-state index in [1.165, 1.54) is 26.4 Å². The molecule has 6 nitrogen and oxygen atoms in total. The van der Waals surface area contributed by atoms with E-state index in [0.29, 0.717) is 6.54 Å². The van der Waals surface area contributed by atoms with Crippen molar-refractivity contribution in [2.45, 2.75) is 25.7 Å². The smallest absolute Gasteiger partial charge is 0.359 e. The van der Waals surface area contributed by atoms with Crippen LogP contribution in [0.25, 0.3) is 0 Å². The van der Waals surface area contributed by atoms with Crippen LogP contribution < -0.4 is 0 Å². The zero-order valence-electron chi connectivity index (χ0n) is 9.44. The van der Waals surface area contributed by atoms with Crippen LogP contribution in [-0.2, 0) is 19.3 Å². The van der Waals surface area contributed by atoms with Crippen molar-refractivity contribution in [2.75, 3.05) is 26.7 Å². The van der Waals surface area contributed by atoms with Gasteiger partial charge in [0.25, 0.3) is 0 Å². The number of nitrogens with zero attached hydrogens (tertiary/aromatic N) is 1. The summed E-state index contributed by atoms with van der Waals surface area (Å²) in [5.41, 5.74) is 0. The Balaban J connectivity index is 2.11. The molecule has 1 rings (SSSR count). The standard InChI is InChI=1S/C10H17NO5/c1-14-16-10(13)15-9(12)5-8-11-6-3-2-4-7-11/h2-8H2,1H3. The van der Waals surface area contributed by atoms with Crippen molar-refractivity contribution < 1.29 is 24.1 Å². The maximum atomic E-state index is 11.2. The maximum Gasteiger partial charge on any atom is 0.548 e. The fourth-order valence-electron chi connectivity index (χ4n) is 1.66. The summed E-state index contributed by atoms with van der Waals surface area (Å²) in [4.78, 5) is 32.1. The first-order valence-electron chi connectivity index (χ1n) is 5.40. The molecule has 6 heteroatoms. The van der Waals surface area contributed by atoms with E-state index in [2.05, 4.69) is 19.4 Å². The Labute approximate surface area is 94.4 Å². The topological polar surface area (TPSA) is 65.1 Å². The lowest BCUT2D eigenvalue weighted by molar-refractivity contribution is -0.230. The van der Waals surface area contributed by atoms with Gasteiger partial charge in [-0.05, 0) is 25.9 Å². The highest BCUT2D eigenvalue weighted by Gasteiger charge is 2.15. The summed E-state index contributed by atoms with van der Waals surface area (Å²) in [6.45, 7) is 2.64. The maximum absolute atomic E-state index is 11.2. The van der Waals surface area contributed by atoms with Crippen molar-refractivity contribution in [3.8, 4) is 0 Å². The van der Waals surface area contributed by atoms with Gasteiger partial charge in [-0.25, -0.2) is 4.79 Å². The molecule has 0 saturated carbocycles. The van der Waals surface area contributed by atoms with Crippen LogP contribution in [0.1, 0.15) is 25.7 Å². The van der Waals surface area contributed by atoms with Crippen molar-refractivity contribution in [3.63, 3.8) is 0 Å². The Kier molecular flexibility index (Phi) is 5.81. The van der Waals surface area contributed by atoms with E-state index in [1.807, 2.05) is 0 Å². The molecule has 0 N–H and O–H groups in total. The molecule has 0 bridgehead atoms. The van der Waals surface area contributed by atoms with E-state index in [-0.39, 0.29) is 6.42 Å². The lowest BCUT2D eigenvalue weighted by Crippen LogP contribution is -2.32. The fourth-order valence-corrected chi connectivity index (χ4v) is 1.66. The van der Waals surface area contributed by atoms with Crippen LogP contribution in [0.2, 0.25) is 0 Å². The van der Waals surface area contributed by atoms with Gasteiger partial charge in [-0.15, -0.1) is 0 Å². The Morgan fingerprint density at radius 2 is 1.88 bits per heavy atom. The fraction of sp³-hybridized carbons (Fsp3) is 0.800. The number of esters is 1. The number of hydrogen-bond donors (Lipinski definition) is 0. The summed E-state index contributed by atoms with van der Waals surface area (Å²) in [6.07, 6.45) is 2.66. The van der Waals surface area contributed by atoms with E-state index < -0.39 is 12.1 Å². The molecule has 16 heavy (non-hydrogen) atoms. The molecule has 1 fully saturated rings. The highest BCUT2D eigenvalue weighted by Crippen LogP contribution is 2.08. The van der Waals surface area contributed by atoms with E-state index in [9.17, 15) is 9.59 Å². The van der Waals surface area contributed by atoms with Gasteiger partial charge in [-0.2, -0.15) is 4.89 Å². The average Bonchev–Trinajstić information content (AvgIpc) is 2.28. The summed E-state index contributed by atoms with van der Waals surface area (Å²) in [7, 11) is 1.17. The second-order valence-corrected chi connectivity index (χ2v) is 3.63. The molecule has 0 aromatic rings. The van der Waals surface area contributed by atoms with Gasteiger partial charge in [0, 0.05) is 6.54 Å². The van der Waals surface area contributed by atoms with Crippen molar-refractivity contribution in [1.29, 1.82) is 0 Å². The summed E-state index contributed by atoms with van der Waals surface area (Å²) in [5.74, 6) is -0.590. The van der Waals surface area contributed by atoms with Crippen LogP contribution in [-0.4, -0.2) is 43.8 Å². The first kappa shape index (κ1) is 12.9. The molecule has 0 aromatic carbocycles. The van der Waals surface area contributed by atoms with Gasteiger partial charge in [0.15, 0.2) is 0 Å².